The van der Waals surface area contributed by atoms with Crippen LogP contribution in [0, 0.1) is 12.7 Å². The molecule has 2 rings (SSSR count). The van der Waals surface area contributed by atoms with Crippen LogP contribution in [0.5, 0.6) is 0 Å². The Labute approximate surface area is 193 Å². The molecule has 2 aromatic rings. The first-order chi connectivity index (χ1) is 15.0. The largest absolute Gasteiger partial charge is 0.357 e. The topological polar surface area (TPSA) is 86.8 Å². The maximum absolute atomic E-state index is 13.4. The molecule has 174 valence electrons. The zero-order valence-corrected chi connectivity index (χ0v) is 20.0. The van der Waals surface area contributed by atoms with E-state index in [1.54, 1.807) is 26.0 Å². The van der Waals surface area contributed by atoms with Crippen molar-refractivity contribution in [1.29, 1.82) is 0 Å². The Kier molecular flexibility index (Phi) is 8.63. The Bertz CT molecular complexity index is 1080. The van der Waals surface area contributed by atoms with Crippen LogP contribution in [-0.4, -0.2) is 51.0 Å². The first kappa shape index (κ1) is 25.6. The molecule has 7 nitrogen and oxygen atoms in total. The molecule has 1 N–H and O–H groups in total. The van der Waals surface area contributed by atoms with E-state index in [4.69, 9.17) is 11.6 Å². The number of hydrogen-bond acceptors (Lipinski definition) is 4. The van der Waals surface area contributed by atoms with Gasteiger partial charge in [-0.25, -0.2) is 12.8 Å². The molecule has 0 aliphatic carbocycles. The van der Waals surface area contributed by atoms with Gasteiger partial charge in [0.25, 0.3) is 0 Å². The Balaban J connectivity index is 2.43. The maximum Gasteiger partial charge on any atom is 0.244 e. The SMILES string of the molecule is CCC(C(=O)NC)N(Cc1ccc(F)cc1)C(=O)CN(c1ccc(C)c(Cl)c1)S(C)(=O)=O. The highest BCUT2D eigenvalue weighted by atomic mass is 35.5. The minimum Gasteiger partial charge on any atom is -0.357 e. The summed E-state index contributed by atoms with van der Waals surface area (Å²) in [6.07, 6.45) is 1.30. The summed E-state index contributed by atoms with van der Waals surface area (Å²) >= 11 is 6.16. The van der Waals surface area contributed by atoms with E-state index in [2.05, 4.69) is 5.32 Å². The third kappa shape index (κ3) is 6.43. The molecule has 10 heteroatoms. The predicted molar refractivity (Wildman–Crippen MR) is 123 cm³/mol. The zero-order valence-electron chi connectivity index (χ0n) is 18.4. The van der Waals surface area contributed by atoms with Crippen molar-refractivity contribution < 1.29 is 22.4 Å². The van der Waals surface area contributed by atoms with E-state index in [9.17, 15) is 22.4 Å². The van der Waals surface area contributed by atoms with Gasteiger partial charge >= 0.3 is 0 Å². The summed E-state index contributed by atoms with van der Waals surface area (Å²) in [7, 11) is -2.37. The van der Waals surface area contributed by atoms with E-state index in [0.717, 1.165) is 16.1 Å². The lowest BCUT2D eigenvalue weighted by atomic mass is 10.1. The second-order valence-corrected chi connectivity index (χ2v) is 9.70. The average Bonchev–Trinajstić information content (AvgIpc) is 2.74. The summed E-state index contributed by atoms with van der Waals surface area (Å²) in [6.45, 7) is 3.02. The summed E-state index contributed by atoms with van der Waals surface area (Å²) < 4.78 is 39.3. The summed E-state index contributed by atoms with van der Waals surface area (Å²) in [4.78, 5) is 27.1. The molecule has 0 spiro atoms. The highest BCUT2D eigenvalue weighted by Gasteiger charge is 2.31. The van der Waals surface area contributed by atoms with Crippen LogP contribution in [0.3, 0.4) is 0 Å². The maximum atomic E-state index is 13.4. The van der Waals surface area contributed by atoms with Crippen molar-refractivity contribution in [2.24, 2.45) is 0 Å². The van der Waals surface area contributed by atoms with Gasteiger partial charge in [-0.15, -0.1) is 0 Å². The predicted octanol–water partition coefficient (Wildman–Crippen LogP) is 3.11. The number of nitrogens with one attached hydrogen (secondary N) is 1. The van der Waals surface area contributed by atoms with Crippen molar-refractivity contribution >= 4 is 39.1 Å². The number of benzene rings is 2. The number of hydrogen-bond donors (Lipinski definition) is 1. The van der Waals surface area contributed by atoms with E-state index in [-0.39, 0.29) is 18.1 Å². The smallest absolute Gasteiger partial charge is 0.244 e. The number of carbonyl (C=O) groups excluding carboxylic acids is 2. The Morgan fingerprint density at radius 1 is 1.16 bits per heavy atom. The second kappa shape index (κ2) is 10.8. The van der Waals surface area contributed by atoms with Gasteiger partial charge in [-0.3, -0.25) is 13.9 Å². The number of halogens is 2. The number of likely N-dealkylation sites (N-methyl/N-ethyl adjacent to an activating group) is 1. The van der Waals surface area contributed by atoms with Gasteiger partial charge < -0.3 is 10.2 Å². The van der Waals surface area contributed by atoms with Crippen LogP contribution in [0.25, 0.3) is 0 Å². The summed E-state index contributed by atoms with van der Waals surface area (Å²) in [6, 6.07) is 9.42. The molecule has 32 heavy (non-hydrogen) atoms. The van der Waals surface area contributed by atoms with Crippen molar-refractivity contribution in [3.05, 3.63) is 64.4 Å². The number of sulfonamides is 1. The number of aryl methyl sites for hydroxylation is 1. The standard InChI is InChI=1S/C22H27ClFN3O4S/c1-5-20(22(29)25-3)26(13-16-7-9-17(24)10-8-16)21(28)14-27(32(4,30)31)18-11-6-15(2)19(23)12-18/h6-12,20H,5,13-14H2,1-4H3,(H,25,29). The Morgan fingerprint density at radius 2 is 1.78 bits per heavy atom. The normalized spacial score (nSPS) is 12.2. The molecular weight excluding hydrogens is 457 g/mol. The third-order valence-corrected chi connectivity index (χ3v) is 6.57. The fourth-order valence-electron chi connectivity index (χ4n) is 3.22. The van der Waals surface area contributed by atoms with Gasteiger partial charge in [-0.05, 0) is 48.7 Å². The third-order valence-electron chi connectivity index (χ3n) is 5.02. The quantitative estimate of drug-likeness (QED) is 0.593. The van der Waals surface area contributed by atoms with E-state index >= 15 is 0 Å². The number of nitrogens with zero attached hydrogens (tertiary/aromatic N) is 2. The van der Waals surface area contributed by atoms with Crippen molar-refractivity contribution in [3.63, 3.8) is 0 Å². The van der Waals surface area contributed by atoms with Crippen molar-refractivity contribution in [2.75, 3.05) is 24.2 Å². The highest BCUT2D eigenvalue weighted by Crippen LogP contribution is 2.25. The van der Waals surface area contributed by atoms with E-state index in [1.807, 2.05) is 0 Å². The minimum absolute atomic E-state index is 0.0112. The van der Waals surface area contributed by atoms with Crippen LogP contribution in [0.2, 0.25) is 5.02 Å². The van der Waals surface area contributed by atoms with Gasteiger partial charge in [0.1, 0.15) is 18.4 Å². The average molecular weight is 484 g/mol. The molecule has 0 heterocycles. The van der Waals surface area contributed by atoms with Crippen LogP contribution in [0.4, 0.5) is 10.1 Å². The van der Waals surface area contributed by atoms with Crippen LogP contribution >= 0.6 is 11.6 Å². The lowest BCUT2D eigenvalue weighted by molar-refractivity contribution is -0.140. The molecule has 0 aromatic heterocycles. The van der Waals surface area contributed by atoms with Gasteiger partial charge in [0.15, 0.2) is 0 Å². The monoisotopic (exact) mass is 483 g/mol. The van der Waals surface area contributed by atoms with Crippen molar-refractivity contribution in [3.8, 4) is 0 Å². The number of rotatable bonds is 9. The molecule has 0 radical (unpaired) electrons. The summed E-state index contributed by atoms with van der Waals surface area (Å²) in [5, 5.41) is 2.90. The van der Waals surface area contributed by atoms with Crippen LogP contribution in [0.15, 0.2) is 42.5 Å². The molecule has 0 fully saturated rings. The first-order valence-corrected chi connectivity index (χ1v) is 12.2. The summed E-state index contributed by atoms with van der Waals surface area (Å²) in [5.41, 5.74) is 1.61. The fourth-order valence-corrected chi connectivity index (χ4v) is 4.24. The lowest BCUT2D eigenvalue weighted by Gasteiger charge is -2.32. The molecule has 0 aliphatic heterocycles. The molecule has 0 saturated carbocycles. The van der Waals surface area contributed by atoms with Gasteiger partial charge in [0, 0.05) is 18.6 Å². The van der Waals surface area contributed by atoms with E-state index < -0.39 is 34.3 Å². The number of carbonyl (C=O) groups is 2. The van der Waals surface area contributed by atoms with Crippen molar-refractivity contribution in [1.82, 2.24) is 10.2 Å². The number of amides is 2. The van der Waals surface area contributed by atoms with E-state index in [1.165, 1.54) is 42.3 Å². The van der Waals surface area contributed by atoms with Crippen LogP contribution in [0.1, 0.15) is 24.5 Å². The highest BCUT2D eigenvalue weighted by molar-refractivity contribution is 7.92. The van der Waals surface area contributed by atoms with Crippen molar-refractivity contribution in [2.45, 2.75) is 32.9 Å². The molecule has 2 amide bonds. The van der Waals surface area contributed by atoms with Gasteiger partial charge in [-0.1, -0.05) is 36.7 Å². The molecule has 2 aromatic carbocycles. The van der Waals surface area contributed by atoms with Gasteiger partial charge in [0.05, 0.1) is 11.9 Å². The van der Waals surface area contributed by atoms with Gasteiger partial charge in [0.2, 0.25) is 21.8 Å². The Morgan fingerprint density at radius 3 is 2.28 bits per heavy atom. The fraction of sp³-hybridized carbons (Fsp3) is 0.364. The van der Waals surface area contributed by atoms with Gasteiger partial charge in [-0.2, -0.15) is 0 Å². The molecular formula is C22H27ClFN3O4S. The van der Waals surface area contributed by atoms with Crippen LogP contribution in [-0.2, 0) is 26.2 Å². The van der Waals surface area contributed by atoms with Crippen LogP contribution < -0.4 is 9.62 Å². The molecule has 0 bridgehead atoms. The molecule has 1 unspecified atom stereocenters. The molecule has 0 saturated heterocycles. The lowest BCUT2D eigenvalue weighted by Crippen LogP contribution is -2.51. The molecule has 1 atom stereocenters. The number of anilines is 1. The second-order valence-electron chi connectivity index (χ2n) is 7.39. The molecule has 0 aliphatic rings. The summed E-state index contributed by atoms with van der Waals surface area (Å²) in [5.74, 6) is -1.39. The zero-order chi connectivity index (χ0) is 24.1. The Hall–Kier alpha value is -2.65. The van der Waals surface area contributed by atoms with E-state index in [0.29, 0.717) is 17.0 Å². The minimum atomic E-state index is -3.84. The first-order valence-electron chi connectivity index (χ1n) is 9.97.